The highest BCUT2D eigenvalue weighted by Gasteiger charge is 2.28. The van der Waals surface area contributed by atoms with Crippen LogP contribution in [-0.2, 0) is 6.42 Å². The maximum Gasteiger partial charge on any atom is 0.166 e. The minimum atomic E-state index is -0.822. The minimum absolute atomic E-state index is 0.202. The lowest BCUT2D eigenvalue weighted by Gasteiger charge is -2.35. The molecule has 3 aromatic carbocycles. The van der Waals surface area contributed by atoms with Gasteiger partial charge in [0, 0.05) is 11.1 Å². The molecule has 0 aromatic heterocycles. The van der Waals surface area contributed by atoms with Crippen molar-refractivity contribution in [3.05, 3.63) is 101 Å². The van der Waals surface area contributed by atoms with Crippen molar-refractivity contribution in [2.24, 2.45) is 17.8 Å². The Morgan fingerprint density at radius 2 is 1.42 bits per heavy atom. The molecule has 2 aliphatic carbocycles. The summed E-state index contributed by atoms with van der Waals surface area (Å²) >= 11 is 0. The summed E-state index contributed by atoms with van der Waals surface area (Å²) in [5.41, 5.74) is 4.65. The predicted molar refractivity (Wildman–Crippen MR) is 152 cm³/mol. The van der Waals surface area contributed by atoms with E-state index in [4.69, 9.17) is 0 Å². The van der Waals surface area contributed by atoms with Gasteiger partial charge in [0.1, 0.15) is 5.82 Å². The molecular formula is C35H37F3. The van der Waals surface area contributed by atoms with Gasteiger partial charge >= 0.3 is 0 Å². The van der Waals surface area contributed by atoms with E-state index in [1.165, 1.54) is 25.7 Å². The van der Waals surface area contributed by atoms with Gasteiger partial charge in [-0.05, 0) is 110 Å². The topological polar surface area (TPSA) is 0 Å². The fourth-order valence-corrected chi connectivity index (χ4v) is 6.49. The zero-order chi connectivity index (χ0) is 26.6. The molecule has 0 spiro atoms. The van der Waals surface area contributed by atoms with Crippen molar-refractivity contribution >= 4 is 5.57 Å². The first-order chi connectivity index (χ1) is 18.5. The summed E-state index contributed by atoms with van der Waals surface area (Å²) in [5, 5.41) is 0. The molecule has 38 heavy (non-hydrogen) atoms. The molecule has 2 aliphatic rings. The molecule has 0 amide bonds. The van der Waals surface area contributed by atoms with Crippen LogP contribution >= 0.6 is 0 Å². The van der Waals surface area contributed by atoms with Gasteiger partial charge in [-0.2, -0.15) is 0 Å². The van der Waals surface area contributed by atoms with E-state index in [-0.39, 0.29) is 11.4 Å². The van der Waals surface area contributed by atoms with Crippen molar-refractivity contribution in [3.8, 4) is 22.3 Å². The average Bonchev–Trinajstić information content (AvgIpc) is 2.95. The third-order valence-corrected chi connectivity index (χ3v) is 8.79. The van der Waals surface area contributed by atoms with Gasteiger partial charge in [0.15, 0.2) is 11.6 Å². The minimum Gasteiger partial charge on any atom is -0.206 e. The maximum absolute atomic E-state index is 15.3. The molecule has 1 fully saturated rings. The van der Waals surface area contributed by atoms with Crippen molar-refractivity contribution < 1.29 is 13.2 Å². The molecule has 3 aromatic rings. The lowest BCUT2D eigenvalue weighted by Crippen LogP contribution is -2.22. The highest BCUT2D eigenvalue weighted by atomic mass is 19.2. The third-order valence-electron chi connectivity index (χ3n) is 8.79. The second-order valence-electron chi connectivity index (χ2n) is 11.0. The molecule has 1 atom stereocenters. The van der Waals surface area contributed by atoms with Crippen LogP contribution in [0.5, 0.6) is 0 Å². The summed E-state index contributed by atoms with van der Waals surface area (Å²) < 4.78 is 44.1. The van der Waals surface area contributed by atoms with Gasteiger partial charge in [-0.1, -0.05) is 73.7 Å². The molecule has 0 radical (unpaired) electrons. The van der Waals surface area contributed by atoms with E-state index < -0.39 is 11.6 Å². The van der Waals surface area contributed by atoms with Gasteiger partial charge in [0.2, 0.25) is 0 Å². The molecule has 1 saturated carbocycles. The van der Waals surface area contributed by atoms with Gasteiger partial charge < -0.3 is 0 Å². The molecule has 5 rings (SSSR count). The predicted octanol–water partition coefficient (Wildman–Crippen LogP) is 10.6. The zero-order valence-electron chi connectivity index (χ0n) is 22.5. The number of aryl methyl sites for hydroxylation is 1. The van der Waals surface area contributed by atoms with E-state index in [2.05, 4.69) is 25.2 Å². The Kier molecular flexibility index (Phi) is 8.21. The highest BCUT2D eigenvalue weighted by molar-refractivity contribution is 5.74. The number of benzene rings is 3. The van der Waals surface area contributed by atoms with Crippen LogP contribution in [0.3, 0.4) is 0 Å². The number of hydrogen-bond acceptors (Lipinski definition) is 0. The van der Waals surface area contributed by atoms with Crippen molar-refractivity contribution in [2.45, 2.75) is 65.2 Å². The number of allylic oxidation sites excluding steroid dienone is 4. The van der Waals surface area contributed by atoms with Gasteiger partial charge in [-0.15, -0.1) is 0 Å². The van der Waals surface area contributed by atoms with Crippen LogP contribution in [-0.4, -0.2) is 0 Å². The summed E-state index contributed by atoms with van der Waals surface area (Å²) in [6, 6.07) is 15.9. The Bertz CT molecular complexity index is 1320. The van der Waals surface area contributed by atoms with Crippen molar-refractivity contribution in [2.75, 3.05) is 0 Å². The second kappa shape index (κ2) is 11.8. The van der Waals surface area contributed by atoms with E-state index in [9.17, 15) is 8.78 Å². The summed E-state index contributed by atoms with van der Waals surface area (Å²) in [5.74, 6) is 0.475. The number of rotatable bonds is 6. The second-order valence-corrected chi connectivity index (χ2v) is 11.0. The summed E-state index contributed by atoms with van der Waals surface area (Å²) in [6.45, 7) is 3.91. The Balaban J connectivity index is 1.26. The van der Waals surface area contributed by atoms with Crippen LogP contribution in [0.2, 0.25) is 0 Å². The monoisotopic (exact) mass is 514 g/mol. The first-order valence-electron chi connectivity index (χ1n) is 14.2. The fraction of sp³-hybridized carbons (Fsp3) is 0.371. The third kappa shape index (κ3) is 5.53. The Hall–Kier alpha value is -3.07. The van der Waals surface area contributed by atoms with E-state index >= 15 is 4.39 Å². The summed E-state index contributed by atoms with van der Waals surface area (Å²) in [4.78, 5) is 0. The van der Waals surface area contributed by atoms with Crippen LogP contribution in [0, 0.1) is 35.2 Å². The van der Waals surface area contributed by atoms with E-state index in [0.29, 0.717) is 23.1 Å². The normalized spacial score (nSPS) is 22.0. The molecule has 0 aliphatic heterocycles. The van der Waals surface area contributed by atoms with E-state index in [0.717, 1.165) is 53.7 Å². The first kappa shape index (κ1) is 26.5. The van der Waals surface area contributed by atoms with Crippen molar-refractivity contribution in [1.82, 2.24) is 0 Å². The fourth-order valence-electron chi connectivity index (χ4n) is 6.49. The number of halogens is 3. The molecule has 0 heterocycles. The van der Waals surface area contributed by atoms with Gasteiger partial charge in [0.25, 0.3) is 0 Å². The van der Waals surface area contributed by atoms with Crippen LogP contribution in [0.25, 0.3) is 27.8 Å². The lowest BCUT2D eigenvalue weighted by molar-refractivity contribution is 0.212. The molecule has 0 saturated heterocycles. The van der Waals surface area contributed by atoms with Crippen LogP contribution < -0.4 is 0 Å². The van der Waals surface area contributed by atoms with Crippen LogP contribution in [0.4, 0.5) is 13.2 Å². The van der Waals surface area contributed by atoms with Crippen LogP contribution in [0.15, 0.2) is 72.8 Å². The zero-order valence-corrected chi connectivity index (χ0v) is 22.5. The van der Waals surface area contributed by atoms with Crippen molar-refractivity contribution in [3.63, 3.8) is 0 Å². The number of hydrogen-bond donors (Lipinski definition) is 0. The molecule has 0 nitrogen and oxygen atoms in total. The molecular weight excluding hydrogens is 477 g/mol. The first-order valence-corrected chi connectivity index (χ1v) is 14.2. The molecule has 0 bridgehead atoms. The maximum atomic E-state index is 15.3. The average molecular weight is 515 g/mol. The Morgan fingerprint density at radius 1 is 0.737 bits per heavy atom. The Labute approximate surface area is 225 Å². The quantitative estimate of drug-likeness (QED) is 0.287. The summed E-state index contributed by atoms with van der Waals surface area (Å²) in [7, 11) is 0. The molecule has 0 N–H and O–H groups in total. The Morgan fingerprint density at radius 3 is 2.05 bits per heavy atom. The highest BCUT2D eigenvalue weighted by Crippen LogP contribution is 2.42. The molecule has 198 valence electrons. The van der Waals surface area contributed by atoms with E-state index in [1.807, 2.05) is 24.3 Å². The smallest absolute Gasteiger partial charge is 0.166 e. The van der Waals surface area contributed by atoms with Gasteiger partial charge in [-0.25, -0.2) is 13.2 Å². The van der Waals surface area contributed by atoms with E-state index in [1.54, 1.807) is 37.3 Å². The van der Waals surface area contributed by atoms with Crippen molar-refractivity contribution in [1.29, 1.82) is 0 Å². The lowest BCUT2D eigenvalue weighted by atomic mass is 9.71. The molecule has 1 unspecified atom stereocenters. The largest absolute Gasteiger partial charge is 0.206 e. The van der Waals surface area contributed by atoms with Gasteiger partial charge in [0.05, 0.1) is 0 Å². The molecule has 3 heteroatoms. The summed E-state index contributed by atoms with van der Waals surface area (Å²) in [6.07, 6.45) is 15.6. The standard InChI is InChI=1S/C35H37F3/c1-3-5-23-6-8-25(9-7-23)26-10-14-28(15-11-26)31-20-19-30(22-33(31)36)27-12-16-29(17-13-27)32-21-18-24(4-2)34(37)35(32)38/h3,5,12-14,16-23,25-26H,4,6-11,15H2,1-2H3/b5-3+. The van der Waals surface area contributed by atoms with Crippen LogP contribution in [0.1, 0.15) is 69.9 Å². The van der Waals surface area contributed by atoms with Gasteiger partial charge in [-0.3, -0.25) is 0 Å². The SMILES string of the molecule is C/C=C/C1CCC(C2CC=C(c3ccc(-c4ccc(-c5ccc(CC)c(F)c5F)cc4)cc3F)CC2)CC1.